The molecular formula is C12H25ClN2O2. The molecule has 4 nitrogen and oxygen atoms in total. The van der Waals surface area contributed by atoms with E-state index in [1.54, 1.807) is 0 Å². The number of carbonyl (C=O) groups is 1. The summed E-state index contributed by atoms with van der Waals surface area (Å²) in [6.45, 7) is 6.48. The molecule has 1 fully saturated rings. The van der Waals surface area contributed by atoms with Gasteiger partial charge in [-0.15, -0.1) is 12.4 Å². The van der Waals surface area contributed by atoms with Crippen LogP contribution in [0.1, 0.15) is 33.1 Å². The third-order valence-electron chi connectivity index (χ3n) is 3.09. The number of hydrogen-bond donors (Lipinski definition) is 2. The van der Waals surface area contributed by atoms with Gasteiger partial charge in [-0.2, -0.15) is 0 Å². The zero-order valence-electron chi connectivity index (χ0n) is 10.8. The molecule has 3 N–H and O–H groups in total. The molecule has 2 atom stereocenters. The number of amides is 1. The zero-order valence-corrected chi connectivity index (χ0v) is 11.6. The van der Waals surface area contributed by atoms with Gasteiger partial charge in [0.15, 0.2) is 0 Å². The van der Waals surface area contributed by atoms with Crippen LogP contribution in [0, 0.1) is 11.8 Å². The Morgan fingerprint density at radius 2 is 2.24 bits per heavy atom. The first kappa shape index (κ1) is 16.7. The topological polar surface area (TPSA) is 64.3 Å². The van der Waals surface area contributed by atoms with Gasteiger partial charge < -0.3 is 15.8 Å². The van der Waals surface area contributed by atoms with E-state index in [2.05, 4.69) is 19.2 Å². The molecule has 0 radical (unpaired) electrons. The Morgan fingerprint density at radius 1 is 1.53 bits per heavy atom. The van der Waals surface area contributed by atoms with Crippen molar-refractivity contribution in [2.45, 2.75) is 39.2 Å². The minimum absolute atomic E-state index is 0. The highest BCUT2D eigenvalue weighted by Crippen LogP contribution is 2.25. The summed E-state index contributed by atoms with van der Waals surface area (Å²) < 4.78 is 5.67. The quantitative estimate of drug-likeness (QED) is 0.761. The maximum Gasteiger partial charge on any atom is 0.220 e. The van der Waals surface area contributed by atoms with E-state index in [1.807, 2.05) is 0 Å². The Balaban J connectivity index is 0.00000256. The van der Waals surface area contributed by atoms with Crippen molar-refractivity contribution in [3.8, 4) is 0 Å². The Kier molecular flexibility index (Phi) is 8.56. The van der Waals surface area contributed by atoms with Gasteiger partial charge in [-0.05, 0) is 25.3 Å². The van der Waals surface area contributed by atoms with Crippen molar-refractivity contribution in [3.05, 3.63) is 0 Å². The maximum atomic E-state index is 11.4. The molecule has 102 valence electrons. The first-order valence-electron chi connectivity index (χ1n) is 6.23. The number of ether oxygens (including phenoxy) is 1. The van der Waals surface area contributed by atoms with Crippen molar-refractivity contribution >= 4 is 18.3 Å². The second-order valence-electron chi connectivity index (χ2n) is 4.82. The fraction of sp³-hybridized carbons (Fsp3) is 0.917. The smallest absolute Gasteiger partial charge is 0.220 e. The standard InChI is InChI=1S/C12H24N2O2.ClH/c1-9(2)12-10(5-7-16-12)8-14-11(15)4-3-6-13;/h9-10,12H,3-8,13H2,1-2H3,(H,14,15);1H. The Labute approximate surface area is 110 Å². The fourth-order valence-corrected chi connectivity index (χ4v) is 2.21. The largest absolute Gasteiger partial charge is 0.378 e. The van der Waals surface area contributed by atoms with Crippen molar-refractivity contribution in [2.24, 2.45) is 17.6 Å². The second-order valence-corrected chi connectivity index (χ2v) is 4.82. The summed E-state index contributed by atoms with van der Waals surface area (Å²) in [6.07, 6.45) is 2.66. The van der Waals surface area contributed by atoms with Crippen molar-refractivity contribution < 1.29 is 9.53 Å². The lowest BCUT2D eigenvalue weighted by atomic mass is 9.93. The average molecular weight is 265 g/mol. The molecule has 0 aromatic rings. The lowest BCUT2D eigenvalue weighted by Crippen LogP contribution is -2.34. The van der Waals surface area contributed by atoms with Crippen molar-refractivity contribution in [1.82, 2.24) is 5.32 Å². The molecular weight excluding hydrogens is 240 g/mol. The van der Waals surface area contributed by atoms with Gasteiger partial charge in [-0.25, -0.2) is 0 Å². The van der Waals surface area contributed by atoms with Crippen LogP contribution < -0.4 is 11.1 Å². The summed E-state index contributed by atoms with van der Waals surface area (Å²) in [4.78, 5) is 11.4. The summed E-state index contributed by atoms with van der Waals surface area (Å²) in [5.41, 5.74) is 5.36. The molecule has 17 heavy (non-hydrogen) atoms. The van der Waals surface area contributed by atoms with Gasteiger partial charge >= 0.3 is 0 Å². The Hall–Kier alpha value is -0.320. The molecule has 0 aliphatic carbocycles. The molecule has 0 aromatic carbocycles. The van der Waals surface area contributed by atoms with E-state index >= 15 is 0 Å². The highest BCUT2D eigenvalue weighted by Gasteiger charge is 2.30. The van der Waals surface area contributed by atoms with E-state index in [-0.39, 0.29) is 18.3 Å². The minimum Gasteiger partial charge on any atom is -0.378 e. The predicted octanol–water partition coefficient (Wildman–Crippen LogP) is 1.32. The average Bonchev–Trinajstić information content (AvgIpc) is 2.71. The fourth-order valence-electron chi connectivity index (χ4n) is 2.21. The Bertz CT molecular complexity index is 225. The van der Waals surface area contributed by atoms with E-state index in [0.29, 0.717) is 30.9 Å². The molecule has 0 bridgehead atoms. The van der Waals surface area contributed by atoms with Gasteiger partial charge in [0, 0.05) is 25.5 Å². The molecule has 1 amide bonds. The predicted molar refractivity (Wildman–Crippen MR) is 71.2 cm³/mol. The summed E-state index contributed by atoms with van der Waals surface area (Å²) in [7, 11) is 0. The molecule has 1 aliphatic rings. The third kappa shape index (κ3) is 5.70. The Morgan fingerprint density at radius 3 is 2.82 bits per heavy atom. The van der Waals surface area contributed by atoms with Gasteiger partial charge in [0.1, 0.15) is 0 Å². The SMILES string of the molecule is CC(C)C1OCCC1CNC(=O)CCCN.Cl. The molecule has 5 heteroatoms. The molecule has 2 unspecified atom stereocenters. The van der Waals surface area contributed by atoms with Crippen LogP contribution in [0.25, 0.3) is 0 Å². The highest BCUT2D eigenvalue weighted by atomic mass is 35.5. The molecule has 1 rings (SSSR count). The van der Waals surface area contributed by atoms with E-state index in [1.165, 1.54) is 0 Å². The summed E-state index contributed by atoms with van der Waals surface area (Å²) >= 11 is 0. The lowest BCUT2D eigenvalue weighted by molar-refractivity contribution is -0.121. The molecule has 1 saturated heterocycles. The molecule has 0 saturated carbocycles. The van der Waals surface area contributed by atoms with Gasteiger partial charge in [0.05, 0.1) is 6.10 Å². The van der Waals surface area contributed by atoms with Crippen LogP contribution in [0.4, 0.5) is 0 Å². The summed E-state index contributed by atoms with van der Waals surface area (Å²) in [6, 6.07) is 0. The molecule has 0 aromatic heterocycles. The van der Waals surface area contributed by atoms with Crippen molar-refractivity contribution in [1.29, 1.82) is 0 Å². The number of hydrogen-bond acceptors (Lipinski definition) is 3. The normalized spacial score (nSPS) is 23.5. The van der Waals surface area contributed by atoms with Crippen molar-refractivity contribution in [3.63, 3.8) is 0 Å². The van der Waals surface area contributed by atoms with Crippen molar-refractivity contribution in [2.75, 3.05) is 19.7 Å². The van der Waals surface area contributed by atoms with Crippen LogP contribution in [-0.4, -0.2) is 31.7 Å². The first-order chi connectivity index (χ1) is 7.65. The van der Waals surface area contributed by atoms with E-state index < -0.39 is 0 Å². The van der Waals surface area contributed by atoms with Crippen LogP contribution in [0.5, 0.6) is 0 Å². The van der Waals surface area contributed by atoms with Gasteiger partial charge in [0.2, 0.25) is 5.91 Å². The maximum absolute atomic E-state index is 11.4. The van der Waals surface area contributed by atoms with Crippen LogP contribution in [0.3, 0.4) is 0 Å². The summed E-state index contributed by atoms with van der Waals surface area (Å²) in [5.74, 6) is 1.11. The monoisotopic (exact) mass is 264 g/mol. The van der Waals surface area contributed by atoms with Crippen LogP contribution in [-0.2, 0) is 9.53 Å². The third-order valence-corrected chi connectivity index (χ3v) is 3.09. The number of halogens is 1. The van der Waals surface area contributed by atoms with E-state index in [4.69, 9.17) is 10.5 Å². The van der Waals surface area contributed by atoms with Gasteiger partial charge in [0.25, 0.3) is 0 Å². The van der Waals surface area contributed by atoms with Gasteiger partial charge in [-0.3, -0.25) is 4.79 Å². The number of rotatable bonds is 6. The highest BCUT2D eigenvalue weighted by molar-refractivity contribution is 5.85. The van der Waals surface area contributed by atoms with E-state index in [9.17, 15) is 4.79 Å². The number of nitrogens with two attached hydrogens (primary N) is 1. The van der Waals surface area contributed by atoms with Crippen LogP contribution in [0.15, 0.2) is 0 Å². The number of carbonyl (C=O) groups excluding carboxylic acids is 1. The lowest BCUT2D eigenvalue weighted by Gasteiger charge is -2.22. The first-order valence-corrected chi connectivity index (χ1v) is 6.23. The van der Waals surface area contributed by atoms with Crippen LogP contribution in [0.2, 0.25) is 0 Å². The summed E-state index contributed by atoms with van der Waals surface area (Å²) in [5, 5.41) is 2.97. The number of nitrogens with one attached hydrogen (secondary N) is 1. The molecule has 0 spiro atoms. The second kappa shape index (κ2) is 8.72. The molecule has 1 heterocycles. The van der Waals surface area contributed by atoms with Crippen LogP contribution >= 0.6 is 12.4 Å². The minimum atomic E-state index is 0. The van der Waals surface area contributed by atoms with E-state index in [0.717, 1.165) is 26.0 Å². The zero-order chi connectivity index (χ0) is 12.0. The van der Waals surface area contributed by atoms with Gasteiger partial charge in [-0.1, -0.05) is 13.8 Å². The molecule has 1 aliphatic heterocycles.